The van der Waals surface area contributed by atoms with Crippen molar-refractivity contribution in [3.8, 4) is 0 Å². The molecule has 4 aliphatic rings. The van der Waals surface area contributed by atoms with Gasteiger partial charge in [-0.1, -0.05) is 37.1 Å². The van der Waals surface area contributed by atoms with E-state index < -0.39 is 86.1 Å². The summed E-state index contributed by atoms with van der Waals surface area (Å²) < 4.78 is 59.2. The number of fused-ring (bicyclic) bond motifs is 3. The van der Waals surface area contributed by atoms with Crippen molar-refractivity contribution in [1.82, 2.24) is 25.2 Å². The number of carbonyl (C=O) groups excluding carboxylic acids is 5. The third-order valence-corrected chi connectivity index (χ3v) is 11.2. The van der Waals surface area contributed by atoms with Crippen LogP contribution in [0.25, 0.3) is 0 Å². The van der Waals surface area contributed by atoms with E-state index in [-0.39, 0.29) is 38.9 Å². The molecule has 15 nitrogen and oxygen atoms in total. The van der Waals surface area contributed by atoms with E-state index in [1.807, 2.05) is 10.8 Å². The number of carbonyl (C=O) groups is 5. The molecule has 2 fully saturated rings. The molecule has 3 N–H and O–H groups in total. The molecule has 5 amide bonds. The maximum Gasteiger partial charge on any atom is 0.410 e. The summed E-state index contributed by atoms with van der Waals surface area (Å²) in [6.45, 7) is 6.47. The predicted octanol–water partition coefficient (Wildman–Crippen LogP) is 3.94. The summed E-state index contributed by atoms with van der Waals surface area (Å²) in [6.07, 6.45) is 3.81. The molecule has 1 aromatic heterocycles. The Bertz CT molecular complexity index is 1960. The van der Waals surface area contributed by atoms with Gasteiger partial charge in [-0.05, 0) is 77.1 Å². The Labute approximate surface area is 313 Å². The summed E-state index contributed by atoms with van der Waals surface area (Å²) in [5.41, 5.74) is -1.52. The van der Waals surface area contributed by atoms with Crippen LogP contribution in [0.5, 0.6) is 0 Å². The van der Waals surface area contributed by atoms with E-state index >= 15 is 0 Å². The lowest BCUT2D eigenvalue weighted by Gasteiger charge is -2.30. The number of allylic oxidation sites excluding steroid dienone is 1. The number of benzene rings is 1. The highest BCUT2D eigenvalue weighted by Crippen LogP contribution is 2.46. The number of nitrogens with zero attached hydrogens (tertiary/aromatic N) is 2. The molecule has 1 saturated carbocycles. The molecule has 4 heterocycles. The van der Waals surface area contributed by atoms with Crippen LogP contribution < -0.4 is 15.4 Å². The number of hydrogen-bond donors (Lipinski definition) is 3. The van der Waals surface area contributed by atoms with E-state index in [1.165, 1.54) is 28.0 Å². The van der Waals surface area contributed by atoms with Crippen LogP contribution in [0, 0.1) is 18.7 Å². The standard InChI is InChI=1S/C37H46FN5O10S/c1-22-15-16-30(51-22)54(49,50)41-33(46)37-18-24(37)12-8-6-5-7-9-14-28(39-34(47)53-36(2,3)4)32(45)43-20-25(17-29(43)31(44)40-37)52-35(48)42-19-23-11-10-13-27(38)26(23)21-42/h8,10-13,15-16,24-25,28-29H,5-7,9,14,17-21H2,1-4H3,(H,39,47)(H,40,44)(H,41,46)/b12-8-/t24-,25+,28-,29-,37+/m0/s1. The fourth-order valence-corrected chi connectivity index (χ4v) is 8.18. The van der Waals surface area contributed by atoms with E-state index in [0.29, 0.717) is 36.1 Å². The van der Waals surface area contributed by atoms with E-state index in [0.717, 1.165) is 6.42 Å². The van der Waals surface area contributed by atoms with Crippen LogP contribution in [0.3, 0.4) is 0 Å². The van der Waals surface area contributed by atoms with Gasteiger partial charge in [-0.2, -0.15) is 8.42 Å². The highest BCUT2D eigenvalue weighted by molar-refractivity contribution is 7.89. The quantitative estimate of drug-likeness (QED) is 0.375. The summed E-state index contributed by atoms with van der Waals surface area (Å²) in [7, 11) is -4.44. The lowest BCUT2D eigenvalue weighted by Crippen LogP contribution is -2.58. The van der Waals surface area contributed by atoms with E-state index in [9.17, 15) is 36.8 Å². The van der Waals surface area contributed by atoms with Crippen LogP contribution in [0.1, 0.15) is 82.6 Å². The summed E-state index contributed by atoms with van der Waals surface area (Å²) in [5, 5.41) is 4.94. The zero-order chi connectivity index (χ0) is 39.0. The number of furan rings is 1. The summed E-state index contributed by atoms with van der Waals surface area (Å²) in [4.78, 5) is 71.2. The number of ether oxygens (including phenoxy) is 2. The Balaban J connectivity index is 1.26. The first kappa shape index (κ1) is 38.8. The lowest BCUT2D eigenvalue weighted by molar-refractivity contribution is -0.141. The van der Waals surface area contributed by atoms with Gasteiger partial charge in [0.15, 0.2) is 0 Å². The number of amides is 5. The van der Waals surface area contributed by atoms with Crippen LogP contribution in [0.4, 0.5) is 14.0 Å². The summed E-state index contributed by atoms with van der Waals surface area (Å²) in [6, 6.07) is 4.84. The number of aryl methyl sites for hydroxylation is 1. The van der Waals surface area contributed by atoms with Crippen LogP contribution in [-0.4, -0.2) is 84.0 Å². The van der Waals surface area contributed by atoms with Gasteiger partial charge in [0.25, 0.3) is 15.9 Å². The fourth-order valence-electron chi connectivity index (χ4n) is 7.16. The van der Waals surface area contributed by atoms with Gasteiger partial charge in [0.05, 0.1) is 13.1 Å². The minimum absolute atomic E-state index is 0.0188. The molecule has 0 bridgehead atoms. The number of sulfonamides is 1. The second kappa shape index (κ2) is 15.1. The minimum atomic E-state index is -4.44. The van der Waals surface area contributed by atoms with Gasteiger partial charge in [0.1, 0.15) is 40.9 Å². The fraction of sp³-hybridized carbons (Fsp3) is 0.541. The molecule has 2 aromatic rings. The molecular weight excluding hydrogens is 725 g/mol. The normalized spacial score (nSPS) is 26.6. The third kappa shape index (κ3) is 8.55. The molecule has 6 rings (SSSR count). The van der Waals surface area contributed by atoms with Crippen molar-refractivity contribution in [1.29, 1.82) is 0 Å². The van der Waals surface area contributed by atoms with Crippen molar-refractivity contribution < 1.29 is 50.7 Å². The maximum atomic E-state index is 14.4. The molecule has 1 aliphatic carbocycles. The van der Waals surface area contributed by atoms with Crippen molar-refractivity contribution in [2.24, 2.45) is 5.92 Å². The first-order chi connectivity index (χ1) is 25.5. The third-order valence-electron chi connectivity index (χ3n) is 10.00. The van der Waals surface area contributed by atoms with Crippen LogP contribution >= 0.6 is 0 Å². The van der Waals surface area contributed by atoms with Gasteiger partial charge in [0, 0.05) is 24.4 Å². The van der Waals surface area contributed by atoms with Crippen molar-refractivity contribution in [3.05, 3.63) is 65.2 Å². The Hall–Kier alpha value is -4.93. The van der Waals surface area contributed by atoms with Gasteiger partial charge in [-0.25, -0.2) is 18.7 Å². The number of halogens is 1. The molecule has 0 radical (unpaired) electrons. The Morgan fingerprint density at radius 2 is 1.85 bits per heavy atom. The maximum absolute atomic E-state index is 14.4. The summed E-state index contributed by atoms with van der Waals surface area (Å²) >= 11 is 0. The SMILES string of the molecule is Cc1ccc(S(=O)(=O)NC(=O)[C@@]23C[C@@H]2/C=C\CCCCC[C@H](NC(=O)OC(C)(C)C)C(=O)N2C[C@H](OC(=O)N4Cc5cccc(F)c5C4)C[C@H]2C(=O)N3)o1. The molecule has 17 heteroatoms. The Morgan fingerprint density at radius 3 is 2.56 bits per heavy atom. The molecule has 54 heavy (non-hydrogen) atoms. The van der Waals surface area contributed by atoms with Gasteiger partial charge < -0.3 is 29.4 Å². The molecule has 292 valence electrons. The van der Waals surface area contributed by atoms with E-state index in [1.54, 1.807) is 45.9 Å². The average Bonchev–Trinajstić information content (AvgIpc) is 3.46. The van der Waals surface area contributed by atoms with Crippen LogP contribution in [-0.2, 0) is 47.0 Å². The molecule has 0 unspecified atom stereocenters. The Morgan fingerprint density at radius 1 is 1.07 bits per heavy atom. The van der Waals surface area contributed by atoms with Gasteiger partial charge in [0.2, 0.25) is 16.9 Å². The van der Waals surface area contributed by atoms with Gasteiger partial charge in [-0.15, -0.1) is 0 Å². The molecule has 5 atom stereocenters. The number of nitrogens with one attached hydrogen (secondary N) is 3. The first-order valence-corrected chi connectivity index (χ1v) is 19.6. The van der Waals surface area contributed by atoms with Crippen molar-refractivity contribution in [2.45, 2.75) is 120 Å². The molecule has 0 spiro atoms. The Kier molecular flexibility index (Phi) is 10.8. The first-order valence-electron chi connectivity index (χ1n) is 18.1. The topological polar surface area (TPSA) is 194 Å². The van der Waals surface area contributed by atoms with Crippen molar-refractivity contribution in [2.75, 3.05) is 6.54 Å². The van der Waals surface area contributed by atoms with E-state index in [4.69, 9.17) is 13.9 Å². The van der Waals surface area contributed by atoms with E-state index in [2.05, 4.69) is 10.6 Å². The highest BCUT2D eigenvalue weighted by Gasteiger charge is 2.62. The zero-order valence-corrected chi connectivity index (χ0v) is 31.5. The molecule has 3 aliphatic heterocycles. The van der Waals surface area contributed by atoms with Gasteiger partial charge >= 0.3 is 12.2 Å². The number of rotatable bonds is 5. The molecule has 1 saturated heterocycles. The second-order valence-electron chi connectivity index (χ2n) is 15.3. The number of hydrogen-bond acceptors (Lipinski definition) is 10. The smallest absolute Gasteiger partial charge is 0.410 e. The van der Waals surface area contributed by atoms with Crippen molar-refractivity contribution >= 4 is 39.9 Å². The zero-order valence-electron chi connectivity index (χ0n) is 30.7. The molecule has 1 aromatic carbocycles. The van der Waals surface area contributed by atoms with Crippen LogP contribution in [0.2, 0.25) is 0 Å². The average molecular weight is 772 g/mol. The monoisotopic (exact) mass is 771 g/mol. The largest absolute Gasteiger partial charge is 0.448 e. The summed E-state index contributed by atoms with van der Waals surface area (Å²) in [5.74, 6) is -3.06. The second-order valence-corrected chi connectivity index (χ2v) is 16.9. The highest BCUT2D eigenvalue weighted by atomic mass is 32.2. The predicted molar refractivity (Wildman–Crippen MR) is 189 cm³/mol. The van der Waals surface area contributed by atoms with Crippen molar-refractivity contribution in [3.63, 3.8) is 0 Å². The van der Waals surface area contributed by atoms with Gasteiger partial charge in [-0.3, -0.25) is 19.3 Å². The minimum Gasteiger partial charge on any atom is -0.448 e. The molecular formula is C37H46FN5O10S. The number of alkyl carbamates (subject to hydrolysis) is 1. The lowest BCUT2D eigenvalue weighted by atomic mass is 10.0. The van der Waals surface area contributed by atoms with Crippen LogP contribution in [0.15, 0.2) is 52.0 Å².